The van der Waals surface area contributed by atoms with E-state index in [2.05, 4.69) is 35.3 Å². The molecular weight excluding hydrogens is 240 g/mol. The fourth-order valence-corrected chi connectivity index (χ4v) is 2.47. The van der Waals surface area contributed by atoms with Gasteiger partial charge in [-0.25, -0.2) is 9.50 Å². The molecule has 5 nitrogen and oxygen atoms in total. The van der Waals surface area contributed by atoms with E-state index in [1.54, 1.807) is 6.20 Å². The predicted octanol–water partition coefficient (Wildman–Crippen LogP) is 2.04. The molecular formula is C14H20N4O. The molecule has 1 fully saturated rings. The van der Waals surface area contributed by atoms with Crippen molar-refractivity contribution in [2.45, 2.75) is 38.7 Å². The highest BCUT2D eigenvalue weighted by atomic mass is 16.3. The Morgan fingerprint density at radius 3 is 2.95 bits per heavy atom. The fraction of sp³-hybridized carbons (Fsp3) is 0.571. The Morgan fingerprint density at radius 2 is 2.26 bits per heavy atom. The summed E-state index contributed by atoms with van der Waals surface area (Å²) in [6, 6.07) is 2.09. The van der Waals surface area contributed by atoms with Crippen molar-refractivity contribution in [2.75, 3.05) is 11.9 Å². The molecule has 0 saturated heterocycles. The van der Waals surface area contributed by atoms with Crippen LogP contribution in [0.1, 0.15) is 38.3 Å². The molecule has 1 aliphatic carbocycles. The number of aromatic nitrogens is 3. The van der Waals surface area contributed by atoms with Gasteiger partial charge in [-0.1, -0.05) is 13.8 Å². The highest BCUT2D eigenvalue weighted by Gasteiger charge is 2.26. The van der Waals surface area contributed by atoms with Crippen molar-refractivity contribution in [2.24, 2.45) is 5.92 Å². The maximum atomic E-state index is 9.29. The van der Waals surface area contributed by atoms with Crippen molar-refractivity contribution < 1.29 is 5.11 Å². The Balaban J connectivity index is 1.78. The molecule has 0 radical (unpaired) electrons. The standard InChI is InChI=1S/C14H20N4O/c1-9(2)12-7-13-14(15-3-4-18(13)17-12)16-8-10-5-11(19)6-10/h3-4,7,9-11,19H,5-6,8H2,1-2H3,(H,15,16). The van der Waals surface area contributed by atoms with Gasteiger partial charge in [-0.15, -0.1) is 0 Å². The maximum Gasteiger partial charge on any atom is 0.152 e. The van der Waals surface area contributed by atoms with Crippen molar-refractivity contribution >= 4 is 11.3 Å². The highest BCUT2D eigenvalue weighted by molar-refractivity contribution is 5.67. The van der Waals surface area contributed by atoms with E-state index in [4.69, 9.17) is 0 Å². The maximum absolute atomic E-state index is 9.29. The zero-order valence-corrected chi connectivity index (χ0v) is 11.4. The van der Waals surface area contributed by atoms with Gasteiger partial charge in [0.2, 0.25) is 0 Å². The third-order valence-electron chi connectivity index (χ3n) is 3.77. The molecule has 2 aromatic heterocycles. The number of aliphatic hydroxyl groups is 1. The lowest BCUT2D eigenvalue weighted by atomic mass is 9.82. The number of anilines is 1. The summed E-state index contributed by atoms with van der Waals surface area (Å²) < 4.78 is 1.88. The van der Waals surface area contributed by atoms with Crippen molar-refractivity contribution in [3.05, 3.63) is 24.2 Å². The number of fused-ring (bicyclic) bond motifs is 1. The summed E-state index contributed by atoms with van der Waals surface area (Å²) in [5.74, 6) is 1.85. The second kappa shape index (κ2) is 4.81. The van der Waals surface area contributed by atoms with Gasteiger partial charge in [0.1, 0.15) is 5.52 Å². The minimum Gasteiger partial charge on any atom is -0.393 e. The molecule has 0 spiro atoms. The van der Waals surface area contributed by atoms with E-state index in [1.807, 2.05) is 10.7 Å². The number of aliphatic hydroxyl groups excluding tert-OH is 1. The van der Waals surface area contributed by atoms with Crippen LogP contribution in [-0.4, -0.2) is 32.4 Å². The van der Waals surface area contributed by atoms with Crippen LogP contribution in [0.2, 0.25) is 0 Å². The van der Waals surface area contributed by atoms with E-state index >= 15 is 0 Å². The van der Waals surface area contributed by atoms with Gasteiger partial charge in [0, 0.05) is 18.9 Å². The van der Waals surface area contributed by atoms with E-state index in [-0.39, 0.29) is 6.10 Å². The van der Waals surface area contributed by atoms with E-state index < -0.39 is 0 Å². The predicted molar refractivity (Wildman–Crippen MR) is 74.3 cm³/mol. The lowest BCUT2D eigenvalue weighted by Gasteiger charge is -2.31. The van der Waals surface area contributed by atoms with Gasteiger partial charge in [-0.05, 0) is 30.7 Å². The van der Waals surface area contributed by atoms with Crippen LogP contribution in [0.3, 0.4) is 0 Å². The lowest BCUT2D eigenvalue weighted by Crippen LogP contribution is -2.33. The van der Waals surface area contributed by atoms with Gasteiger partial charge < -0.3 is 10.4 Å². The van der Waals surface area contributed by atoms with Crippen LogP contribution in [0.15, 0.2) is 18.5 Å². The minimum atomic E-state index is -0.0990. The first-order valence-corrected chi connectivity index (χ1v) is 6.89. The Kier molecular flexibility index (Phi) is 3.14. The molecule has 0 unspecified atom stereocenters. The first kappa shape index (κ1) is 12.4. The molecule has 0 bridgehead atoms. The smallest absolute Gasteiger partial charge is 0.152 e. The molecule has 19 heavy (non-hydrogen) atoms. The van der Waals surface area contributed by atoms with Crippen molar-refractivity contribution in [3.8, 4) is 0 Å². The largest absolute Gasteiger partial charge is 0.393 e. The minimum absolute atomic E-state index is 0.0990. The summed E-state index contributed by atoms with van der Waals surface area (Å²) in [7, 11) is 0. The number of nitrogens with zero attached hydrogens (tertiary/aromatic N) is 3. The molecule has 0 atom stereocenters. The van der Waals surface area contributed by atoms with E-state index in [9.17, 15) is 5.11 Å². The second-order valence-electron chi connectivity index (χ2n) is 5.70. The average Bonchev–Trinajstić information content (AvgIpc) is 2.77. The zero-order chi connectivity index (χ0) is 13.4. The summed E-state index contributed by atoms with van der Waals surface area (Å²) >= 11 is 0. The van der Waals surface area contributed by atoms with Gasteiger partial charge in [-0.2, -0.15) is 5.10 Å². The fourth-order valence-electron chi connectivity index (χ4n) is 2.47. The third-order valence-corrected chi connectivity index (χ3v) is 3.77. The van der Waals surface area contributed by atoms with Crippen LogP contribution in [0, 0.1) is 5.92 Å². The van der Waals surface area contributed by atoms with Crippen molar-refractivity contribution in [1.82, 2.24) is 14.6 Å². The number of nitrogens with one attached hydrogen (secondary N) is 1. The van der Waals surface area contributed by atoms with E-state index in [1.165, 1.54) is 0 Å². The third kappa shape index (κ3) is 2.42. The Hall–Kier alpha value is -1.62. The van der Waals surface area contributed by atoms with Crippen LogP contribution in [-0.2, 0) is 0 Å². The zero-order valence-electron chi connectivity index (χ0n) is 11.4. The number of hydrogen-bond acceptors (Lipinski definition) is 4. The van der Waals surface area contributed by atoms with E-state index in [0.29, 0.717) is 11.8 Å². The summed E-state index contributed by atoms with van der Waals surface area (Å²) in [6.45, 7) is 5.14. The molecule has 2 aromatic rings. The number of rotatable bonds is 4. The van der Waals surface area contributed by atoms with Crippen molar-refractivity contribution in [3.63, 3.8) is 0 Å². The normalized spacial score (nSPS) is 22.7. The molecule has 102 valence electrons. The molecule has 5 heteroatoms. The summed E-state index contributed by atoms with van der Waals surface area (Å²) in [6.07, 6.45) is 5.33. The van der Waals surface area contributed by atoms with Crippen LogP contribution in [0.25, 0.3) is 5.52 Å². The van der Waals surface area contributed by atoms with Gasteiger partial charge in [0.05, 0.1) is 11.8 Å². The summed E-state index contributed by atoms with van der Waals surface area (Å²) in [5, 5.41) is 17.2. The lowest BCUT2D eigenvalue weighted by molar-refractivity contribution is 0.0486. The molecule has 0 amide bonds. The Labute approximate surface area is 112 Å². The van der Waals surface area contributed by atoms with Crippen LogP contribution >= 0.6 is 0 Å². The molecule has 3 rings (SSSR count). The van der Waals surface area contributed by atoms with Gasteiger partial charge in [0.25, 0.3) is 0 Å². The van der Waals surface area contributed by atoms with Crippen LogP contribution < -0.4 is 5.32 Å². The van der Waals surface area contributed by atoms with Crippen LogP contribution in [0.5, 0.6) is 0 Å². The first-order chi connectivity index (χ1) is 9.13. The van der Waals surface area contributed by atoms with Gasteiger partial charge >= 0.3 is 0 Å². The van der Waals surface area contributed by atoms with Gasteiger partial charge in [0.15, 0.2) is 5.82 Å². The quantitative estimate of drug-likeness (QED) is 0.883. The Bertz CT molecular complexity index is 572. The summed E-state index contributed by atoms with van der Waals surface area (Å²) in [5.41, 5.74) is 2.10. The van der Waals surface area contributed by atoms with Gasteiger partial charge in [-0.3, -0.25) is 0 Å². The first-order valence-electron chi connectivity index (χ1n) is 6.89. The molecule has 0 aromatic carbocycles. The van der Waals surface area contributed by atoms with Crippen molar-refractivity contribution in [1.29, 1.82) is 0 Å². The molecule has 2 heterocycles. The molecule has 2 N–H and O–H groups in total. The monoisotopic (exact) mass is 260 g/mol. The SMILES string of the molecule is CC(C)c1cc2c(NCC3CC(O)C3)nccn2n1. The Morgan fingerprint density at radius 1 is 1.47 bits per heavy atom. The molecule has 1 aliphatic rings. The highest BCUT2D eigenvalue weighted by Crippen LogP contribution is 2.28. The van der Waals surface area contributed by atoms with E-state index in [0.717, 1.165) is 36.4 Å². The molecule has 0 aliphatic heterocycles. The molecule has 1 saturated carbocycles. The average molecular weight is 260 g/mol. The second-order valence-corrected chi connectivity index (χ2v) is 5.70. The van der Waals surface area contributed by atoms with Crippen LogP contribution in [0.4, 0.5) is 5.82 Å². The summed E-state index contributed by atoms with van der Waals surface area (Å²) in [4.78, 5) is 4.39. The number of hydrogen-bond donors (Lipinski definition) is 2. The topological polar surface area (TPSA) is 62.5 Å².